The van der Waals surface area contributed by atoms with Crippen LogP contribution in [-0.4, -0.2) is 24.4 Å². The lowest BCUT2D eigenvalue weighted by Crippen LogP contribution is -2.37. The Bertz CT molecular complexity index is 749. The van der Waals surface area contributed by atoms with Crippen LogP contribution in [0.4, 0.5) is 10.1 Å². The van der Waals surface area contributed by atoms with E-state index in [-0.39, 0.29) is 30.1 Å². The van der Waals surface area contributed by atoms with Crippen LogP contribution < -0.4 is 10.2 Å². The van der Waals surface area contributed by atoms with Crippen LogP contribution in [0, 0.1) is 5.82 Å². The van der Waals surface area contributed by atoms with Crippen molar-refractivity contribution >= 4 is 29.1 Å². The summed E-state index contributed by atoms with van der Waals surface area (Å²) in [4.78, 5) is 25.8. The molecule has 118 valence electrons. The molecule has 1 aliphatic heterocycles. The Morgan fingerprint density at radius 1 is 1.22 bits per heavy atom. The van der Waals surface area contributed by atoms with Crippen LogP contribution in [0.2, 0.25) is 5.02 Å². The number of nitrogens with one attached hydrogen (secondary N) is 1. The Morgan fingerprint density at radius 3 is 2.65 bits per heavy atom. The van der Waals surface area contributed by atoms with Gasteiger partial charge in [-0.15, -0.1) is 0 Å². The van der Waals surface area contributed by atoms with Gasteiger partial charge in [0.05, 0.1) is 6.04 Å². The van der Waals surface area contributed by atoms with E-state index in [0.717, 1.165) is 0 Å². The van der Waals surface area contributed by atoms with Crippen LogP contribution in [0.1, 0.15) is 16.8 Å². The number of benzene rings is 2. The zero-order valence-corrected chi connectivity index (χ0v) is 12.9. The molecule has 3 rings (SSSR count). The Morgan fingerprint density at radius 2 is 1.96 bits per heavy atom. The predicted octanol–water partition coefficient (Wildman–Crippen LogP) is 3.01. The van der Waals surface area contributed by atoms with Crippen molar-refractivity contribution in [3.63, 3.8) is 0 Å². The lowest BCUT2D eigenvalue weighted by atomic mass is 10.2. The van der Waals surface area contributed by atoms with E-state index >= 15 is 0 Å². The number of hydrogen-bond donors (Lipinski definition) is 1. The van der Waals surface area contributed by atoms with Crippen LogP contribution in [0.5, 0.6) is 0 Å². The lowest BCUT2D eigenvalue weighted by Gasteiger charge is -2.17. The molecule has 23 heavy (non-hydrogen) atoms. The van der Waals surface area contributed by atoms with Crippen molar-refractivity contribution < 1.29 is 14.0 Å². The zero-order chi connectivity index (χ0) is 16.4. The van der Waals surface area contributed by atoms with Crippen LogP contribution >= 0.6 is 11.6 Å². The number of rotatable bonds is 3. The normalized spacial score (nSPS) is 17.4. The first kappa shape index (κ1) is 15.5. The lowest BCUT2D eigenvalue weighted by molar-refractivity contribution is -0.117. The number of nitrogens with zero attached hydrogens (tertiary/aromatic N) is 1. The molecule has 2 amide bonds. The van der Waals surface area contributed by atoms with E-state index in [0.29, 0.717) is 22.8 Å². The molecule has 1 N–H and O–H groups in total. The number of hydrogen-bond acceptors (Lipinski definition) is 2. The summed E-state index contributed by atoms with van der Waals surface area (Å²) in [5.41, 5.74) is 1.07. The van der Waals surface area contributed by atoms with Gasteiger partial charge in [-0.2, -0.15) is 0 Å². The average molecular weight is 333 g/mol. The third-order valence-corrected chi connectivity index (χ3v) is 3.92. The number of carbonyl (C=O) groups excluding carboxylic acids is 2. The summed E-state index contributed by atoms with van der Waals surface area (Å²) < 4.78 is 13.0. The first-order chi connectivity index (χ1) is 11.0. The van der Waals surface area contributed by atoms with E-state index in [4.69, 9.17) is 11.6 Å². The Hall–Kier alpha value is -2.40. The molecule has 0 bridgehead atoms. The first-order valence-corrected chi connectivity index (χ1v) is 7.53. The van der Waals surface area contributed by atoms with Crippen molar-refractivity contribution in [2.45, 2.75) is 12.5 Å². The second kappa shape index (κ2) is 6.38. The highest BCUT2D eigenvalue weighted by atomic mass is 35.5. The molecule has 1 atom stereocenters. The van der Waals surface area contributed by atoms with E-state index in [9.17, 15) is 14.0 Å². The molecular weight excluding hydrogens is 319 g/mol. The summed E-state index contributed by atoms with van der Waals surface area (Å²) in [6, 6.07) is 12.0. The summed E-state index contributed by atoms with van der Waals surface area (Å²) in [7, 11) is 0. The highest BCUT2D eigenvalue weighted by Crippen LogP contribution is 2.22. The van der Waals surface area contributed by atoms with Crippen molar-refractivity contribution in [2.75, 3.05) is 11.4 Å². The van der Waals surface area contributed by atoms with Crippen molar-refractivity contribution in [3.05, 3.63) is 64.9 Å². The minimum absolute atomic E-state index is 0.104. The summed E-state index contributed by atoms with van der Waals surface area (Å²) in [5.74, 6) is -0.731. The molecular formula is C17H14ClFN2O2. The monoisotopic (exact) mass is 332 g/mol. The van der Waals surface area contributed by atoms with Gasteiger partial charge in [0.1, 0.15) is 5.82 Å². The van der Waals surface area contributed by atoms with Crippen LogP contribution in [0.3, 0.4) is 0 Å². The van der Waals surface area contributed by atoms with Gasteiger partial charge in [0, 0.05) is 29.2 Å². The molecule has 0 saturated carbocycles. The van der Waals surface area contributed by atoms with E-state index in [1.165, 1.54) is 12.1 Å². The maximum Gasteiger partial charge on any atom is 0.251 e. The predicted molar refractivity (Wildman–Crippen MR) is 86.1 cm³/mol. The molecule has 1 heterocycles. The largest absolute Gasteiger partial charge is 0.347 e. The molecule has 0 radical (unpaired) electrons. The van der Waals surface area contributed by atoms with E-state index < -0.39 is 0 Å². The number of anilines is 1. The van der Waals surface area contributed by atoms with Gasteiger partial charge in [-0.25, -0.2) is 4.39 Å². The molecule has 2 aromatic carbocycles. The zero-order valence-electron chi connectivity index (χ0n) is 12.1. The van der Waals surface area contributed by atoms with Crippen LogP contribution in [-0.2, 0) is 4.79 Å². The molecule has 6 heteroatoms. The minimum Gasteiger partial charge on any atom is -0.347 e. The van der Waals surface area contributed by atoms with Gasteiger partial charge in [-0.3, -0.25) is 9.59 Å². The van der Waals surface area contributed by atoms with Gasteiger partial charge in [0.15, 0.2) is 0 Å². The van der Waals surface area contributed by atoms with Gasteiger partial charge in [-0.1, -0.05) is 17.7 Å². The molecule has 0 unspecified atom stereocenters. The maximum absolute atomic E-state index is 13.0. The van der Waals surface area contributed by atoms with Crippen LogP contribution in [0.25, 0.3) is 0 Å². The van der Waals surface area contributed by atoms with E-state index in [1.807, 2.05) is 0 Å². The molecule has 4 nitrogen and oxygen atoms in total. The van der Waals surface area contributed by atoms with Gasteiger partial charge >= 0.3 is 0 Å². The van der Waals surface area contributed by atoms with Gasteiger partial charge < -0.3 is 10.2 Å². The fourth-order valence-corrected chi connectivity index (χ4v) is 2.76. The van der Waals surface area contributed by atoms with Crippen molar-refractivity contribution in [3.8, 4) is 0 Å². The number of halogens is 2. The summed E-state index contributed by atoms with van der Waals surface area (Å²) in [6.45, 7) is 0.358. The smallest absolute Gasteiger partial charge is 0.251 e. The third kappa shape index (κ3) is 3.51. The summed E-state index contributed by atoms with van der Waals surface area (Å²) >= 11 is 5.87. The molecule has 1 aliphatic rings. The van der Waals surface area contributed by atoms with Crippen LogP contribution in [0.15, 0.2) is 48.5 Å². The van der Waals surface area contributed by atoms with Crippen molar-refractivity contribution in [1.29, 1.82) is 0 Å². The second-order valence-corrected chi connectivity index (χ2v) is 5.80. The Labute approximate surface area is 137 Å². The molecule has 1 fully saturated rings. The van der Waals surface area contributed by atoms with Crippen molar-refractivity contribution in [2.24, 2.45) is 0 Å². The first-order valence-electron chi connectivity index (χ1n) is 7.15. The van der Waals surface area contributed by atoms with Gasteiger partial charge in [0.2, 0.25) is 5.91 Å². The fourth-order valence-electron chi connectivity index (χ4n) is 2.57. The van der Waals surface area contributed by atoms with Gasteiger partial charge in [-0.05, 0) is 42.5 Å². The highest BCUT2D eigenvalue weighted by Gasteiger charge is 2.31. The Kier molecular flexibility index (Phi) is 4.30. The average Bonchev–Trinajstić information content (AvgIpc) is 2.88. The standard InChI is InChI=1S/C17H14ClFN2O2/c18-12-3-1-2-11(8-12)17(23)20-14-9-16(22)21(10-14)15-6-4-13(19)5-7-15/h1-8,14H,9-10H2,(H,20,23)/t14-/m1/s1. The summed E-state index contributed by atoms with van der Waals surface area (Å²) in [6.07, 6.45) is 0.212. The number of carbonyl (C=O) groups is 2. The minimum atomic E-state index is -0.355. The number of amides is 2. The quantitative estimate of drug-likeness (QED) is 0.939. The SMILES string of the molecule is O=C(N[C@@H]1CC(=O)N(c2ccc(F)cc2)C1)c1cccc(Cl)c1. The Balaban J connectivity index is 1.68. The van der Waals surface area contributed by atoms with E-state index in [1.54, 1.807) is 41.3 Å². The third-order valence-electron chi connectivity index (χ3n) is 3.69. The van der Waals surface area contributed by atoms with Gasteiger partial charge in [0.25, 0.3) is 5.91 Å². The maximum atomic E-state index is 13.0. The summed E-state index contributed by atoms with van der Waals surface area (Å²) in [5, 5.41) is 3.31. The molecule has 0 aliphatic carbocycles. The molecule has 1 saturated heterocycles. The molecule has 2 aromatic rings. The van der Waals surface area contributed by atoms with E-state index in [2.05, 4.69) is 5.32 Å². The second-order valence-electron chi connectivity index (χ2n) is 5.37. The fraction of sp³-hybridized carbons (Fsp3) is 0.176. The molecule has 0 spiro atoms. The highest BCUT2D eigenvalue weighted by molar-refractivity contribution is 6.30. The van der Waals surface area contributed by atoms with Crippen molar-refractivity contribution in [1.82, 2.24) is 5.32 Å². The topological polar surface area (TPSA) is 49.4 Å². The molecule has 0 aromatic heterocycles.